The summed E-state index contributed by atoms with van der Waals surface area (Å²) in [7, 11) is 2.14. The zero-order chi connectivity index (χ0) is 18.4. The number of fused-ring (bicyclic) bond motifs is 4. The minimum Gasteiger partial charge on any atom is -0.440 e. The number of anilines is 1. The topological polar surface area (TPSA) is 64.8 Å². The Kier molecular flexibility index (Phi) is 4.28. The highest BCUT2D eigenvalue weighted by molar-refractivity contribution is 5.95. The number of nitrogens with zero attached hydrogens (tertiary/aromatic N) is 4. The number of nitrogens with one attached hydrogen (secondary N) is 1. The van der Waals surface area contributed by atoms with Gasteiger partial charge >= 0.3 is 0 Å². The molecule has 6 heterocycles. The van der Waals surface area contributed by atoms with E-state index in [1.807, 2.05) is 6.07 Å². The van der Waals surface area contributed by atoms with Gasteiger partial charge in [0.1, 0.15) is 11.3 Å². The van der Waals surface area contributed by atoms with Crippen LogP contribution in [-0.2, 0) is 0 Å². The van der Waals surface area contributed by atoms with E-state index in [1.54, 1.807) is 12.3 Å². The lowest BCUT2D eigenvalue weighted by atomic mass is 9.84. The number of aromatic nitrogens is 1. The SMILES string of the molecule is CN1CCN(c2cc3cnc(C(=O)N[C@H]4CN5CCC4CC5)cc3o2)CC1. The van der Waals surface area contributed by atoms with E-state index in [0.717, 1.165) is 49.6 Å². The molecular formula is C20H27N5O2. The van der Waals surface area contributed by atoms with Crippen molar-refractivity contribution in [1.82, 2.24) is 20.1 Å². The Labute approximate surface area is 159 Å². The van der Waals surface area contributed by atoms with Crippen LogP contribution < -0.4 is 10.2 Å². The van der Waals surface area contributed by atoms with Crippen molar-refractivity contribution in [2.45, 2.75) is 18.9 Å². The van der Waals surface area contributed by atoms with Gasteiger partial charge in [-0.3, -0.25) is 9.78 Å². The van der Waals surface area contributed by atoms with E-state index in [0.29, 0.717) is 11.6 Å². The van der Waals surface area contributed by atoms with Gasteiger partial charge in [0.15, 0.2) is 5.88 Å². The first-order valence-electron chi connectivity index (χ1n) is 10.0. The van der Waals surface area contributed by atoms with Crippen LogP contribution in [0.15, 0.2) is 22.7 Å². The molecule has 7 nitrogen and oxygen atoms in total. The maximum absolute atomic E-state index is 12.7. The number of furan rings is 1. The van der Waals surface area contributed by atoms with Gasteiger partial charge in [-0.05, 0) is 38.9 Å². The predicted molar refractivity (Wildman–Crippen MR) is 104 cm³/mol. The summed E-state index contributed by atoms with van der Waals surface area (Å²) in [4.78, 5) is 24.1. The first-order chi connectivity index (χ1) is 13.2. The number of carbonyl (C=O) groups excluding carboxylic acids is 1. The molecule has 2 aromatic rings. The summed E-state index contributed by atoms with van der Waals surface area (Å²) < 4.78 is 6.05. The molecule has 0 spiro atoms. The average molecular weight is 369 g/mol. The zero-order valence-electron chi connectivity index (χ0n) is 15.9. The fourth-order valence-corrected chi connectivity index (χ4v) is 4.60. The summed E-state index contributed by atoms with van der Waals surface area (Å²) in [5.74, 6) is 1.39. The molecule has 1 amide bonds. The molecule has 7 heteroatoms. The molecule has 27 heavy (non-hydrogen) atoms. The highest BCUT2D eigenvalue weighted by Gasteiger charge is 2.35. The maximum Gasteiger partial charge on any atom is 0.270 e. The van der Waals surface area contributed by atoms with Crippen LogP contribution >= 0.6 is 0 Å². The van der Waals surface area contributed by atoms with Gasteiger partial charge < -0.3 is 24.4 Å². The van der Waals surface area contributed by atoms with E-state index in [2.05, 4.69) is 32.0 Å². The fourth-order valence-electron chi connectivity index (χ4n) is 4.60. The normalized spacial score (nSPS) is 28.6. The third-order valence-corrected chi connectivity index (χ3v) is 6.41. The van der Waals surface area contributed by atoms with E-state index in [9.17, 15) is 4.79 Å². The first kappa shape index (κ1) is 17.0. The molecule has 4 saturated heterocycles. The maximum atomic E-state index is 12.7. The van der Waals surface area contributed by atoms with Crippen molar-refractivity contribution in [2.75, 3.05) is 57.8 Å². The number of rotatable bonds is 3. The first-order valence-corrected chi connectivity index (χ1v) is 10.0. The second-order valence-corrected chi connectivity index (χ2v) is 8.20. The van der Waals surface area contributed by atoms with Crippen LogP contribution in [-0.4, -0.2) is 79.6 Å². The highest BCUT2D eigenvalue weighted by atomic mass is 16.4. The van der Waals surface area contributed by atoms with E-state index < -0.39 is 0 Å². The predicted octanol–water partition coefficient (Wildman–Crippen LogP) is 1.40. The van der Waals surface area contributed by atoms with Gasteiger partial charge in [-0.2, -0.15) is 0 Å². The van der Waals surface area contributed by atoms with Crippen LogP contribution in [0.2, 0.25) is 0 Å². The molecular weight excluding hydrogens is 342 g/mol. The molecule has 0 radical (unpaired) electrons. The molecule has 0 aliphatic carbocycles. The van der Waals surface area contributed by atoms with Crippen LogP contribution in [0.3, 0.4) is 0 Å². The van der Waals surface area contributed by atoms with Crippen molar-refractivity contribution >= 4 is 22.8 Å². The fraction of sp³-hybridized carbons (Fsp3) is 0.600. The van der Waals surface area contributed by atoms with Crippen molar-refractivity contribution in [3.05, 3.63) is 24.0 Å². The van der Waals surface area contributed by atoms with Crippen molar-refractivity contribution < 1.29 is 9.21 Å². The van der Waals surface area contributed by atoms with Gasteiger partial charge in [0.2, 0.25) is 0 Å². The number of pyridine rings is 1. The summed E-state index contributed by atoms with van der Waals surface area (Å²) in [6.45, 7) is 7.27. The minimum atomic E-state index is -0.0896. The van der Waals surface area contributed by atoms with Crippen LogP contribution in [0.5, 0.6) is 0 Å². The molecule has 6 rings (SSSR count). The van der Waals surface area contributed by atoms with Gasteiger partial charge in [0.05, 0.1) is 0 Å². The Hall–Kier alpha value is -2.12. The third-order valence-electron chi connectivity index (χ3n) is 6.41. The number of likely N-dealkylation sites (N-methyl/N-ethyl adjacent to an activating group) is 1. The standard InChI is InChI=1S/C20H27N5O2/c1-23-6-8-25(9-7-23)19-10-15-12-21-16(11-18(15)27-19)20(26)22-17-13-24-4-2-14(17)3-5-24/h10-12,14,17H,2-9,13H2,1H3,(H,22,26)/t17-/m0/s1. The van der Waals surface area contributed by atoms with Gasteiger partial charge in [-0.15, -0.1) is 0 Å². The van der Waals surface area contributed by atoms with Crippen molar-refractivity contribution in [2.24, 2.45) is 5.92 Å². The molecule has 1 N–H and O–H groups in total. The molecule has 144 valence electrons. The number of hydrogen-bond acceptors (Lipinski definition) is 6. The summed E-state index contributed by atoms with van der Waals surface area (Å²) >= 11 is 0. The van der Waals surface area contributed by atoms with Gasteiger partial charge in [-0.25, -0.2) is 0 Å². The van der Waals surface area contributed by atoms with Crippen LogP contribution in [0.25, 0.3) is 11.0 Å². The smallest absolute Gasteiger partial charge is 0.270 e. The molecule has 4 fully saturated rings. The Balaban J connectivity index is 1.31. The van der Waals surface area contributed by atoms with E-state index >= 15 is 0 Å². The van der Waals surface area contributed by atoms with Crippen LogP contribution in [0, 0.1) is 5.92 Å². The highest BCUT2D eigenvalue weighted by Crippen LogP contribution is 2.29. The van der Waals surface area contributed by atoms with Gasteiger partial charge in [0.25, 0.3) is 5.91 Å². The lowest BCUT2D eigenvalue weighted by molar-refractivity contribution is 0.0618. The average Bonchev–Trinajstić information content (AvgIpc) is 3.12. The van der Waals surface area contributed by atoms with Gasteiger partial charge in [0, 0.05) is 62.5 Å². The Morgan fingerprint density at radius 3 is 2.63 bits per heavy atom. The zero-order valence-corrected chi connectivity index (χ0v) is 15.9. The number of piperidine rings is 3. The molecule has 0 saturated carbocycles. The molecule has 4 aliphatic heterocycles. The second kappa shape index (κ2) is 6.80. The minimum absolute atomic E-state index is 0.0896. The Morgan fingerprint density at radius 2 is 1.93 bits per heavy atom. The number of carbonyl (C=O) groups is 1. The summed E-state index contributed by atoms with van der Waals surface area (Å²) in [6.07, 6.45) is 4.12. The number of piperazine rings is 1. The quantitative estimate of drug-likeness (QED) is 0.882. The molecule has 1 atom stereocenters. The van der Waals surface area contributed by atoms with Crippen molar-refractivity contribution in [1.29, 1.82) is 0 Å². The van der Waals surface area contributed by atoms with Gasteiger partial charge in [-0.1, -0.05) is 0 Å². The van der Waals surface area contributed by atoms with E-state index in [-0.39, 0.29) is 11.9 Å². The molecule has 2 bridgehead atoms. The lowest BCUT2D eigenvalue weighted by Crippen LogP contribution is -2.57. The lowest BCUT2D eigenvalue weighted by Gasteiger charge is -2.44. The second-order valence-electron chi connectivity index (χ2n) is 8.20. The van der Waals surface area contributed by atoms with E-state index in [1.165, 1.54) is 25.9 Å². The van der Waals surface area contributed by atoms with E-state index in [4.69, 9.17) is 4.42 Å². The summed E-state index contributed by atoms with van der Waals surface area (Å²) in [6, 6.07) is 4.06. The Bertz CT molecular complexity index is 834. The van der Waals surface area contributed by atoms with Crippen LogP contribution in [0.4, 0.5) is 5.88 Å². The third kappa shape index (κ3) is 3.30. The monoisotopic (exact) mass is 369 g/mol. The molecule has 0 unspecified atom stereocenters. The molecule has 4 aliphatic rings. The van der Waals surface area contributed by atoms with Crippen molar-refractivity contribution in [3.63, 3.8) is 0 Å². The molecule has 0 aromatic carbocycles. The Morgan fingerprint density at radius 1 is 1.15 bits per heavy atom. The number of amides is 1. The number of hydrogen-bond donors (Lipinski definition) is 1. The molecule has 2 aromatic heterocycles. The largest absolute Gasteiger partial charge is 0.440 e. The van der Waals surface area contributed by atoms with Crippen LogP contribution in [0.1, 0.15) is 23.3 Å². The van der Waals surface area contributed by atoms with Crippen molar-refractivity contribution in [3.8, 4) is 0 Å². The summed E-state index contributed by atoms with van der Waals surface area (Å²) in [5.41, 5.74) is 1.18. The summed E-state index contributed by atoms with van der Waals surface area (Å²) in [5, 5.41) is 4.15.